The molecule has 0 saturated carbocycles. The molecule has 0 atom stereocenters. The summed E-state index contributed by atoms with van der Waals surface area (Å²) in [6.07, 6.45) is 0. The number of hydrogen-bond donors (Lipinski definition) is 1. The van der Waals surface area contributed by atoms with Crippen molar-refractivity contribution in [3.05, 3.63) is 59.0 Å². The highest BCUT2D eigenvalue weighted by molar-refractivity contribution is 6.11. The van der Waals surface area contributed by atoms with Crippen LogP contribution in [0.25, 0.3) is 10.9 Å². The Hall–Kier alpha value is -2.69. The predicted octanol–water partition coefficient (Wildman–Crippen LogP) is 3.58. The Labute approximate surface area is 127 Å². The van der Waals surface area contributed by atoms with Crippen molar-refractivity contribution in [3.63, 3.8) is 0 Å². The van der Waals surface area contributed by atoms with Crippen LogP contribution in [0.15, 0.2) is 36.4 Å². The molecule has 1 N–H and O–H groups in total. The zero-order valence-corrected chi connectivity index (χ0v) is 12.6. The Morgan fingerprint density at radius 2 is 1.91 bits per heavy atom. The molecular weight excluding hydrogens is 281 g/mol. The zero-order chi connectivity index (χ0) is 15.9. The van der Waals surface area contributed by atoms with Crippen LogP contribution in [-0.2, 0) is 7.05 Å². The van der Waals surface area contributed by atoms with E-state index in [4.69, 9.17) is 0 Å². The monoisotopic (exact) mass is 297 g/mol. The molecule has 1 aromatic heterocycles. The molecule has 0 aliphatic carbocycles. The van der Waals surface area contributed by atoms with E-state index in [9.17, 15) is 9.18 Å². The third-order valence-electron chi connectivity index (χ3n) is 3.73. The fourth-order valence-corrected chi connectivity index (χ4v) is 2.52. The zero-order valence-electron chi connectivity index (χ0n) is 12.6. The minimum Gasteiger partial charge on any atom is -0.320 e. The van der Waals surface area contributed by atoms with Gasteiger partial charge in [-0.1, -0.05) is 24.3 Å². The second-order valence-electron chi connectivity index (χ2n) is 5.36. The average Bonchev–Trinajstić information content (AvgIpc) is 2.83. The van der Waals surface area contributed by atoms with Crippen molar-refractivity contribution in [3.8, 4) is 0 Å². The van der Waals surface area contributed by atoms with E-state index >= 15 is 0 Å². The van der Waals surface area contributed by atoms with Crippen LogP contribution < -0.4 is 5.32 Å². The van der Waals surface area contributed by atoms with Crippen LogP contribution in [0.2, 0.25) is 0 Å². The quantitative estimate of drug-likeness (QED) is 0.786. The van der Waals surface area contributed by atoms with Gasteiger partial charge in [0, 0.05) is 18.1 Å². The van der Waals surface area contributed by atoms with Crippen LogP contribution in [-0.4, -0.2) is 15.7 Å². The van der Waals surface area contributed by atoms with Crippen LogP contribution in [0.1, 0.15) is 21.6 Å². The van der Waals surface area contributed by atoms with E-state index < -0.39 is 0 Å². The maximum absolute atomic E-state index is 13.7. The molecule has 2 aromatic carbocycles. The number of amides is 1. The Balaban J connectivity index is 1.99. The van der Waals surface area contributed by atoms with Crippen molar-refractivity contribution < 1.29 is 9.18 Å². The summed E-state index contributed by atoms with van der Waals surface area (Å²) in [5.74, 6) is -0.685. The molecular formula is C17H16FN3O. The molecule has 0 bridgehead atoms. The fourth-order valence-electron chi connectivity index (χ4n) is 2.52. The molecule has 0 unspecified atom stereocenters. The highest BCUT2D eigenvalue weighted by Crippen LogP contribution is 2.22. The second-order valence-corrected chi connectivity index (χ2v) is 5.36. The summed E-state index contributed by atoms with van der Waals surface area (Å²) in [5.41, 5.74) is 3.03. The third-order valence-corrected chi connectivity index (χ3v) is 3.73. The summed E-state index contributed by atoms with van der Waals surface area (Å²) in [6.45, 7) is 3.53. The largest absolute Gasteiger partial charge is 0.320 e. The van der Waals surface area contributed by atoms with E-state index in [2.05, 4.69) is 10.4 Å². The molecule has 0 saturated heterocycles. The lowest BCUT2D eigenvalue weighted by Gasteiger charge is -2.09. The van der Waals surface area contributed by atoms with Crippen molar-refractivity contribution >= 4 is 22.5 Å². The third kappa shape index (κ3) is 2.35. The Morgan fingerprint density at radius 3 is 2.68 bits per heavy atom. The molecule has 1 heterocycles. The number of carbonyl (C=O) groups is 1. The molecule has 0 fully saturated rings. The predicted molar refractivity (Wildman–Crippen MR) is 84.5 cm³/mol. The summed E-state index contributed by atoms with van der Waals surface area (Å²) in [7, 11) is 1.79. The highest BCUT2D eigenvalue weighted by Gasteiger charge is 2.17. The lowest BCUT2D eigenvalue weighted by Crippen LogP contribution is -2.14. The van der Waals surface area contributed by atoms with Gasteiger partial charge in [-0.05, 0) is 37.1 Å². The molecule has 112 valence electrons. The smallest absolute Gasteiger partial charge is 0.276 e. The lowest BCUT2D eigenvalue weighted by atomic mass is 10.1. The Morgan fingerprint density at radius 1 is 1.18 bits per heavy atom. The molecule has 0 radical (unpaired) electrons. The number of aromatic nitrogens is 2. The molecule has 0 aliphatic rings. The molecule has 3 aromatic rings. The van der Waals surface area contributed by atoms with Gasteiger partial charge in [-0.25, -0.2) is 4.39 Å². The van der Waals surface area contributed by atoms with Crippen molar-refractivity contribution in [1.29, 1.82) is 0 Å². The maximum Gasteiger partial charge on any atom is 0.276 e. The van der Waals surface area contributed by atoms with E-state index in [0.29, 0.717) is 16.9 Å². The number of fused-ring (bicyclic) bond motifs is 1. The molecule has 0 aliphatic heterocycles. The number of hydrogen-bond acceptors (Lipinski definition) is 2. The SMILES string of the molecule is Cc1cc(C)c(NC(=O)c2nn(C)c3ccccc23)cc1F. The van der Waals surface area contributed by atoms with Crippen LogP contribution in [0.3, 0.4) is 0 Å². The first-order chi connectivity index (χ1) is 10.5. The van der Waals surface area contributed by atoms with E-state index in [1.165, 1.54) is 6.07 Å². The summed E-state index contributed by atoms with van der Waals surface area (Å²) < 4.78 is 15.4. The molecule has 5 heteroatoms. The molecule has 4 nitrogen and oxygen atoms in total. The lowest BCUT2D eigenvalue weighted by molar-refractivity contribution is 0.102. The molecule has 0 spiro atoms. The Bertz CT molecular complexity index is 883. The van der Waals surface area contributed by atoms with Gasteiger partial charge in [0.05, 0.1) is 5.52 Å². The van der Waals surface area contributed by atoms with Gasteiger partial charge in [-0.3, -0.25) is 9.48 Å². The van der Waals surface area contributed by atoms with E-state index in [1.807, 2.05) is 31.2 Å². The van der Waals surface area contributed by atoms with E-state index in [0.717, 1.165) is 16.5 Å². The summed E-state index contributed by atoms with van der Waals surface area (Å²) in [6, 6.07) is 10.5. The van der Waals surface area contributed by atoms with Gasteiger partial charge in [0.25, 0.3) is 5.91 Å². The van der Waals surface area contributed by atoms with Gasteiger partial charge in [0.15, 0.2) is 5.69 Å². The van der Waals surface area contributed by atoms with Crippen molar-refractivity contribution in [1.82, 2.24) is 9.78 Å². The number of benzene rings is 2. The van der Waals surface area contributed by atoms with Gasteiger partial charge < -0.3 is 5.32 Å². The minimum absolute atomic E-state index is 0.332. The Kier molecular flexibility index (Phi) is 3.41. The van der Waals surface area contributed by atoms with Gasteiger partial charge >= 0.3 is 0 Å². The van der Waals surface area contributed by atoms with Gasteiger partial charge in [-0.15, -0.1) is 0 Å². The number of nitrogens with zero attached hydrogens (tertiary/aromatic N) is 2. The number of rotatable bonds is 2. The minimum atomic E-state index is -0.344. The second kappa shape index (κ2) is 5.26. The standard InChI is InChI=1S/C17H16FN3O/c1-10-8-11(2)14(9-13(10)18)19-17(22)16-12-6-4-5-7-15(12)21(3)20-16/h4-9H,1-3H3,(H,19,22). The first-order valence-corrected chi connectivity index (χ1v) is 6.97. The molecule has 22 heavy (non-hydrogen) atoms. The number of halogens is 1. The van der Waals surface area contributed by atoms with Crippen LogP contribution in [0.4, 0.5) is 10.1 Å². The van der Waals surface area contributed by atoms with Crippen molar-refractivity contribution in [2.75, 3.05) is 5.32 Å². The summed E-state index contributed by atoms with van der Waals surface area (Å²) >= 11 is 0. The van der Waals surface area contributed by atoms with Crippen LogP contribution in [0, 0.1) is 19.7 Å². The van der Waals surface area contributed by atoms with E-state index in [-0.39, 0.29) is 11.7 Å². The first-order valence-electron chi connectivity index (χ1n) is 6.97. The fraction of sp³-hybridized carbons (Fsp3) is 0.176. The first kappa shape index (κ1) is 14.3. The highest BCUT2D eigenvalue weighted by atomic mass is 19.1. The van der Waals surface area contributed by atoms with Crippen molar-refractivity contribution in [2.24, 2.45) is 7.05 Å². The summed E-state index contributed by atoms with van der Waals surface area (Å²) in [4.78, 5) is 12.5. The maximum atomic E-state index is 13.7. The number of nitrogens with one attached hydrogen (secondary N) is 1. The normalized spacial score (nSPS) is 10.9. The van der Waals surface area contributed by atoms with Gasteiger partial charge in [-0.2, -0.15) is 5.10 Å². The average molecular weight is 297 g/mol. The number of aryl methyl sites for hydroxylation is 3. The number of para-hydroxylation sites is 1. The van der Waals surface area contributed by atoms with Gasteiger partial charge in [0.1, 0.15) is 5.82 Å². The van der Waals surface area contributed by atoms with Gasteiger partial charge in [0.2, 0.25) is 0 Å². The van der Waals surface area contributed by atoms with E-state index in [1.54, 1.807) is 24.7 Å². The van der Waals surface area contributed by atoms with Crippen LogP contribution >= 0.6 is 0 Å². The van der Waals surface area contributed by atoms with Crippen LogP contribution in [0.5, 0.6) is 0 Å². The topological polar surface area (TPSA) is 46.9 Å². The van der Waals surface area contributed by atoms with Crippen molar-refractivity contribution in [2.45, 2.75) is 13.8 Å². The summed E-state index contributed by atoms with van der Waals surface area (Å²) in [5, 5.41) is 7.78. The molecule has 3 rings (SSSR count). The molecule has 1 amide bonds. The number of anilines is 1. The number of carbonyl (C=O) groups excluding carboxylic acids is 1.